The van der Waals surface area contributed by atoms with Crippen molar-refractivity contribution in [2.75, 3.05) is 4.90 Å². The zero-order valence-corrected chi connectivity index (χ0v) is 19.3. The summed E-state index contributed by atoms with van der Waals surface area (Å²) in [6, 6.07) is 13.5. The molecule has 0 saturated carbocycles. The number of aryl methyl sites for hydroxylation is 1. The molecule has 1 aliphatic rings. The Hall–Kier alpha value is -4.64. The second-order valence-corrected chi connectivity index (χ2v) is 8.14. The van der Waals surface area contributed by atoms with Crippen LogP contribution in [-0.2, 0) is 9.59 Å². The van der Waals surface area contributed by atoms with E-state index in [2.05, 4.69) is 5.32 Å². The molecular weight excluding hydrogens is 472 g/mol. The minimum atomic E-state index is -1.17. The Balaban J connectivity index is 1.74. The number of carboxylic acids is 1. The normalized spacial score (nSPS) is 14.9. The van der Waals surface area contributed by atoms with Gasteiger partial charge in [0.05, 0.1) is 16.2 Å². The molecular formula is C24H18N4O6S. The van der Waals surface area contributed by atoms with Gasteiger partial charge in [-0.2, -0.15) is 0 Å². The zero-order valence-electron chi connectivity index (χ0n) is 18.5. The summed E-state index contributed by atoms with van der Waals surface area (Å²) in [5, 5.41) is 22.5. The smallest absolute Gasteiger partial charge is 0.335 e. The number of anilines is 1. The fourth-order valence-electron chi connectivity index (χ4n) is 3.88. The van der Waals surface area contributed by atoms with E-state index in [-0.39, 0.29) is 27.6 Å². The number of nitrogens with zero attached hydrogens (tertiary/aromatic N) is 3. The van der Waals surface area contributed by atoms with Crippen molar-refractivity contribution in [3.63, 3.8) is 0 Å². The summed E-state index contributed by atoms with van der Waals surface area (Å²) >= 11 is 5.18. The van der Waals surface area contributed by atoms with Crippen LogP contribution in [0.25, 0.3) is 11.8 Å². The highest BCUT2D eigenvalue weighted by Gasteiger charge is 2.35. The van der Waals surface area contributed by atoms with Gasteiger partial charge in [0.15, 0.2) is 5.11 Å². The standard InChI is InChI=1S/C24H18N4O6S/c1-13-10-16(14(2)26(13)17-6-8-18(9-7-17)28(33)34)12-20-21(29)25-24(35)27(22(20)30)19-5-3-4-15(11-19)23(31)32/h3-12H,1-2H3,(H,31,32)(H,25,29,35). The first-order valence-corrected chi connectivity index (χ1v) is 10.7. The molecule has 2 heterocycles. The Bertz CT molecular complexity index is 1460. The number of carbonyl (C=O) groups excluding carboxylic acids is 2. The van der Waals surface area contributed by atoms with E-state index in [9.17, 15) is 29.6 Å². The van der Waals surface area contributed by atoms with Crippen molar-refractivity contribution in [2.24, 2.45) is 0 Å². The molecule has 1 aromatic heterocycles. The number of nitrogens with one attached hydrogen (secondary N) is 1. The Morgan fingerprint density at radius 2 is 1.77 bits per heavy atom. The predicted molar refractivity (Wildman–Crippen MR) is 132 cm³/mol. The van der Waals surface area contributed by atoms with Crippen molar-refractivity contribution >= 4 is 52.6 Å². The number of carboxylic acid groups (broad SMARTS) is 1. The number of nitro benzene ring substituents is 1. The molecule has 2 aromatic carbocycles. The maximum atomic E-state index is 13.3. The molecule has 11 heteroatoms. The molecule has 0 atom stereocenters. The molecule has 1 aliphatic heterocycles. The minimum absolute atomic E-state index is 0.0350. The first-order chi connectivity index (χ1) is 16.6. The SMILES string of the molecule is Cc1cc(C=C2C(=O)NC(=S)N(c3cccc(C(=O)O)c3)C2=O)c(C)n1-c1ccc([N+](=O)[O-])cc1. The number of nitro groups is 1. The van der Waals surface area contributed by atoms with Crippen LogP contribution in [0.15, 0.2) is 60.2 Å². The van der Waals surface area contributed by atoms with E-state index in [1.54, 1.807) is 25.1 Å². The highest BCUT2D eigenvalue weighted by molar-refractivity contribution is 7.80. The zero-order chi connectivity index (χ0) is 25.4. The lowest BCUT2D eigenvalue weighted by Crippen LogP contribution is -2.54. The molecule has 10 nitrogen and oxygen atoms in total. The second-order valence-electron chi connectivity index (χ2n) is 7.75. The largest absolute Gasteiger partial charge is 0.478 e. The molecule has 176 valence electrons. The van der Waals surface area contributed by atoms with Gasteiger partial charge in [-0.1, -0.05) is 6.07 Å². The third kappa shape index (κ3) is 4.32. The van der Waals surface area contributed by atoms with Crippen LogP contribution < -0.4 is 10.2 Å². The Kier molecular flexibility index (Phi) is 6.01. The van der Waals surface area contributed by atoms with E-state index >= 15 is 0 Å². The molecule has 2 N–H and O–H groups in total. The Labute approximate surface area is 204 Å². The molecule has 1 fully saturated rings. The van der Waals surface area contributed by atoms with Gasteiger partial charge >= 0.3 is 5.97 Å². The molecule has 0 bridgehead atoms. The van der Waals surface area contributed by atoms with Gasteiger partial charge in [-0.15, -0.1) is 0 Å². The number of hydrogen-bond donors (Lipinski definition) is 2. The first kappa shape index (κ1) is 23.5. The quantitative estimate of drug-likeness (QED) is 0.184. The third-order valence-electron chi connectivity index (χ3n) is 5.54. The molecule has 1 saturated heterocycles. The van der Waals surface area contributed by atoms with Crippen LogP contribution in [0.3, 0.4) is 0 Å². The maximum Gasteiger partial charge on any atom is 0.335 e. The Morgan fingerprint density at radius 3 is 2.40 bits per heavy atom. The van der Waals surface area contributed by atoms with E-state index < -0.39 is 22.7 Å². The van der Waals surface area contributed by atoms with E-state index in [1.165, 1.54) is 42.5 Å². The highest BCUT2D eigenvalue weighted by atomic mass is 32.1. The molecule has 0 aliphatic carbocycles. The summed E-state index contributed by atoms with van der Waals surface area (Å²) in [6.45, 7) is 3.63. The van der Waals surface area contributed by atoms with Crippen LogP contribution >= 0.6 is 12.2 Å². The molecule has 35 heavy (non-hydrogen) atoms. The number of aromatic carboxylic acids is 1. The van der Waals surface area contributed by atoms with Crippen molar-refractivity contribution in [1.82, 2.24) is 9.88 Å². The van der Waals surface area contributed by atoms with E-state index in [0.29, 0.717) is 16.9 Å². The summed E-state index contributed by atoms with van der Waals surface area (Å²) in [5.74, 6) is -2.53. The summed E-state index contributed by atoms with van der Waals surface area (Å²) in [4.78, 5) is 48.9. The van der Waals surface area contributed by atoms with Gasteiger partial charge in [-0.25, -0.2) is 4.79 Å². The topological polar surface area (TPSA) is 135 Å². The molecule has 0 radical (unpaired) electrons. The first-order valence-electron chi connectivity index (χ1n) is 10.3. The number of thiocarbonyl (C=S) groups is 1. The van der Waals surface area contributed by atoms with Crippen molar-refractivity contribution in [2.45, 2.75) is 13.8 Å². The second kappa shape index (κ2) is 8.95. The summed E-state index contributed by atoms with van der Waals surface area (Å²) in [7, 11) is 0. The van der Waals surface area contributed by atoms with Gasteiger partial charge in [0.2, 0.25) is 0 Å². The fraction of sp³-hybridized carbons (Fsp3) is 0.0833. The van der Waals surface area contributed by atoms with Crippen LogP contribution in [0.1, 0.15) is 27.3 Å². The monoisotopic (exact) mass is 490 g/mol. The van der Waals surface area contributed by atoms with E-state index in [0.717, 1.165) is 10.6 Å². The van der Waals surface area contributed by atoms with E-state index in [4.69, 9.17) is 12.2 Å². The Morgan fingerprint density at radius 1 is 1.09 bits per heavy atom. The number of rotatable bonds is 5. The van der Waals surface area contributed by atoms with Crippen LogP contribution in [0.5, 0.6) is 0 Å². The van der Waals surface area contributed by atoms with Gasteiger partial charge in [0, 0.05) is 29.2 Å². The van der Waals surface area contributed by atoms with Crippen molar-refractivity contribution in [1.29, 1.82) is 0 Å². The van der Waals surface area contributed by atoms with Gasteiger partial charge in [-0.05, 0) is 74.1 Å². The third-order valence-corrected chi connectivity index (χ3v) is 5.83. The van der Waals surface area contributed by atoms with Crippen molar-refractivity contribution in [3.8, 4) is 5.69 Å². The van der Waals surface area contributed by atoms with Crippen LogP contribution in [0, 0.1) is 24.0 Å². The average Bonchev–Trinajstić information content (AvgIpc) is 3.09. The number of aromatic nitrogens is 1. The molecule has 2 amide bonds. The van der Waals surface area contributed by atoms with Crippen LogP contribution in [-0.4, -0.2) is 37.5 Å². The molecule has 0 unspecified atom stereocenters. The van der Waals surface area contributed by atoms with Gasteiger partial charge in [0.1, 0.15) is 5.57 Å². The molecule has 0 spiro atoms. The van der Waals surface area contributed by atoms with Gasteiger partial charge in [-0.3, -0.25) is 29.9 Å². The van der Waals surface area contributed by atoms with Crippen molar-refractivity contribution < 1.29 is 24.4 Å². The summed E-state index contributed by atoms with van der Waals surface area (Å²) in [6.07, 6.45) is 1.44. The number of non-ortho nitro benzene ring substituents is 1. The molecule has 3 aromatic rings. The fourth-order valence-corrected chi connectivity index (χ4v) is 4.16. The lowest BCUT2D eigenvalue weighted by molar-refractivity contribution is -0.384. The lowest BCUT2D eigenvalue weighted by atomic mass is 10.1. The lowest BCUT2D eigenvalue weighted by Gasteiger charge is -2.29. The number of benzene rings is 2. The molecule has 4 rings (SSSR count). The summed E-state index contributed by atoms with van der Waals surface area (Å²) < 4.78 is 1.85. The average molecular weight is 490 g/mol. The summed E-state index contributed by atoms with van der Waals surface area (Å²) in [5.41, 5.74) is 2.73. The van der Waals surface area contributed by atoms with Crippen LogP contribution in [0.4, 0.5) is 11.4 Å². The van der Waals surface area contributed by atoms with Gasteiger partial charge < -0.3 is 9.67 Å². The number of carbonyl (C=O) groups is 3. The van der Waals surface area contributed by atoms with Crippen LogP contribution in [0.2, 0.25) is 0 Å². The van der Waals surface area contributed by atoms with Crippen molar-refractivity contribution in [3.05, 3.63) is 92.8 Å². The number of hydrogen-bond acceptors (Lipinski definition) is 6. The highest BCUT2D eigenvalue weighted by Crippen LogP contribution is 2.27. The maximum absolute atomic E-state index is 13.3. The number of amides is 2. The van der Waals surface area contributed by atoms with Gasteiger partial charge in [0.25, 0.3) is 17.5 Å². The minimum Gasteiger partial charge on any atom is -0.478 e. The van der Waals surface area contributed by atoms with E-state index in [1.807, 2.05) is 11.5 Å². The predicted octanol–water partition coefficient (Wildman–Crippen LogP) is 3.53.